The van der Waals surface area contributed by atoms with Crippen LogP contribution in [-0.2, 0) is 0 Å². The Morgan fingerprint density at radius 1 is 1.43 bits per heavy atom. The van der Waals surface area contributed by atoms with Crippen LogP contribution >= 0.6 is 0 Å². The van der Waals surface area contributed by atoms with Gasteiger partial charge in [0.1, 0.15) is 5.82 Å². The number of nitrogen functional groups attached to an aromatic ring is 1. The molecule has 0 aromatic carbocycles. The Kier molecular flexibility index (Phi) is 2.42. The largest absolute Gasteiger partial charge is 0.384 e. The van der Waals surface area contributed by atoms with Crippen molar-refractivity contribution < 1.29 is 0 Å². The van der Waals surface area contributed by atoms with Gasteiger partial charge in [0.15, 0.2) is 0 Å². The highest BCUT2D eigenvalue weighted by molar-refractivity contribution is 5.31. The van der Waals surface area contributed by atoms with Crippen LogP contribution in [-0.4, -0.2) is 29.0 Å². The number of hydrogen-bond donors (Lipinski definition) is 1. The lowest BCUT2D eigenvalue weighted by atomic mass is 9.91. The van der Waals surface area contributed by atoms with Crippen LogP contribution in [0.25, 0.3) is 0 Å². The molecule has 0 radical (unpaired) electrons. The molecule has 0 amide bonds. The summed E-state index contributed by atoms with van der Waals surface area (Å²) in [5.41, 5.74) is 6.86. The van der Waals surface area contributed by atoms with E-state index in [0.717, 1.165) is 13.1 Å². The smallest absolute Gasteiger partial charge is 0.123 e. The minimum Gasteiger partial charge on any atom is -0.384 e. The van der Waals surface area contributed by atoms with E-state index in [9.17, 15) is 0 Å². The van der Waals surface area contributed by atoms with Gasteiger partial charge >= 0.3 is 0 Å². The lowest BCUT2D eigenvalue weighted by Gasteiger charge is -2.42. The van der Waals surface area contributed by atoms with Crippen molar-refractivity contribution in [2.24, 2.45) is 0 Å². The summed E-state index contributed by atoms with van der Waals surface area (Å²) in [7, 11) is 0. The zero-order valence-electron chi connectivity index (χ0n) is 8.77. The molecule has 2 rings (SSSR count). The van der Waals surface area contributed by atoms with Gasteiger partial charge in [0.25, 0.3) is 0 Å². The first-order valence-electron chi connectivity index (χ1n) is 5.12. The van der Waals surface area contributed by atoms with Crippen molar-refractivity contribution in [1.82, 2.24) is 9.88 Å². The quantitative estimate of drug-likeness (QED) is 0.769. The van der Waals surface area contributed by atoms with Gasteiger partial charge in [-0.05, 0) is 25.5 Å². The molecule has 0 aliphatic carbocycles. The molecule has 3 nitrogen and oxygen atoms in total. The molecule has 0 unspecified atom stereocenters. The summed E-state index contributed by atoms with van der Waals surface area (Å²) in [5, 5.41) is 0. The number of nitrogens with two attached hydrogens (primary N) is 1. The Labute approximate surface area is 84.9 Å². The van der Waals surface area contributed by atoms with Crippen LogP contribution in [0.2, 0.25) is 0 Å². The normalized spacial score (nSPS) is 18.5. The van der Waals surface area contributed by atoms with Crippen molar-refractivity contribution in [2.45, 2.75) is 25.8 Å². The summed E-state index contributed by atoms with van der Waals surface area (Å²) in [6.45, 7) is 6.78. The second-order valence-corrected chi connectivity index (χ2v) is 4.26. The maximum atomic E-state index is 5.54. The Morgan fingerprint density at radius 3 is 2.64 bits per heavy atom. The lowest BCUT2D eigenvalue weighted by molar-refractivity contribution is 0.110. The number of hydrogen-bond acceptors (Lipinski definition) is 3. The zero-order valence-corrected chi connectivity index (χ0v) is 8.77. The van der Waals surface area contributed by atoms with E-state index >= 15 is 0 Å². The van der Waals surface area contributed by atoms with E-state index in [1.807, 2.05) is 12.3 Å². The van der Waals surface area contributed by atoms with Crippen LogP contribution in [0, 0.1) is 0 Å². The molecule has 1 aromatic heterocycles. The molecule has 2 N–H and O–H groups in total. The summed E-state index contributed by atoms with van der Waals surface area (Å²) in [6, 6.07) is 4.63. The van der Waals surface area contributed by atoms with E-state index in [2.05, 4.69) is 29.8 Å². The van der Waals surface area contributed by atoms with Gasteiger partial charge < -0.3 is 5.73 Å². The maximum absolute atomic E-state index is 5.54. The molecule has 1 aromatic rings. The van der Waals surface area contributed by atoms with Gasteiger partial charge in [-0.3, -0.25) is 4.90 Å². The van der Waals surface area contributed by atoms with Crippen molar-refractivity contribution in [3.8, 4) is 0 Å². The van der Waals surface area contributed by atoms with E-state index < -0.39 is 0 Å². The monoisotopic (exact) mass is 191 g/mol. The van der Waals surface area contributed by atoms with E-state index in [1.54, 1.807) is 0 Å². The molecule has 1 aliphatic heterocycles. The fourth-order valence-corrected chi connectivity index (χ4v) is 1.80. The molecule has 2 heterocycles. The first-order valence-corrected chi connectivity index (χ1v) is 5.12. The van der Waals surface area contributed by atoms with Crippen molar-refractivity contribution in [3.63, 3.8) is 0 Å². The van der Waals surface area contributed by atoms with Gasteiger partial charge in [-0.25, -0.2) is 4.98 Å². The number of likely N-dealkylation sites (tertiary alicyclic amines) is 1. The van der Waals surface area contributed by atoms with Crippen molar-refractivity contribution in [2.75, 3.05) is 18.8 Å². The van der Waals surface area contributed by atoms with Crippen molar-refractivity contribution in [3.05, 3.63) is 23.9 Å². The predicted octanol–water partition coefficient (Wildman–Crippen LogP) is 1.47. The topological polar surface area (TPSA) is 42.1 Å². The molecular formula is C11H17N3. The molecule has 14 heavy (non-hydrogen) atoms. The van der Waals surface area contributed by atoms with Gasteiger partial charge in [-0.15, -0.1) is 0 Å². The Bertz CT molecular complexity index is 299. The van der Waals surface area contributed by atoms with Gasteiger partial charge in [0.05, 0.1) is 0 Å². The molecule has 0 saturated carbocycles. The molecular weight excluding hydrogens is 174 g/mol. The van der Waals surface area contributed by atoms with Crippen LogP contribution in [0.15, 0.2) is 18.3 Å². The Hall–Kier alpha value is -1.09. The van der Waals surface area contributed by atoms with Crippen LogP contribution in [0.4, 0.5) is 5.82 Å². The minimum atomic E-state index is 0.605. The summed E-state index contributed by atoms with van der Waals surface area (Å²) in [6.07, 6.45) is 1.90. The van der Waals surface area contributed by atoms with Crippen LogP contribution in [0.5, 0.6) is 0 Å². The number of aromatic nitrogens is 1. The predicted molar refractivity (Wildman–Crippen MR) is 58.1 cm³/mol. The number of rotatable bonds is 2. The van der Waals surface area contributed by atoms with Gasteiger partial charge in [0, 0.05) is 31.2 Å². The summed E-state index contributed by atoms with van der Waals surface area (Å²) >= 11 is 0. The molecule has 1 aliphatic rings. The Morgan fingerprint density at radius 2 is 2.14 bits per heavy atom. The average Bonchev–Trinajstić information content (AvgIpc) is 2.05. The maximum Gasteiger partial charge on any atom is 0.123 e. The molecule has 1 fully saturated rings. The SMILES string of the molecule is CC(C)N1CC(c2ccc(N)nc2)C1. The molecule has 1 saturated heterocycles. The van der Waals surface area contributed by atoms with Crippen LogP contribution in [0.1, 0.15) is 25.3 Å². The minimum absolute atomic E-state index is 0.605. The second-order valence-electron chi connectivity index (χ2n) is 4.26. The van der Waals surface area contributed by atoms with E-state index in [4.69, 9.17) is 5.73 Å². The molecule has 0 bridgehead atoms. The van der Waals surface area contributed by atoms with E-state index in [-0.39, 0.29) is 0 Å². The second kappa shape index (κ2) is 3.58. The zero-order chi connectivity index (χ0) is 10.1. The molecule has 76 valence electrons. The lowest BCUT2D eigenvalue weighted by Crippen LogP contribution is -2.48. The standard InChI is InChI=1S/C11H17N3/c1-8(2)14-6-10(7-14)9-3-4-11(12)13-5-9/h3-5,8,10H,6-7H2,1-2H3,(H2,12,13). The third-order valence-corrected chi connectivity index (χ3v) is 2.92. The van der Waals surface area contributed by atoms with Gasteiger partial charge in [-0.2, -0.15) is 0 Å². The summed E-state index contributed by atoms with van der Waals surface area (Å²) in [5.74, 6) is 1.26. The Balaban J connectivity index is 1.96. The van der Waals surface area contributed by atoms with E-state index in [1.165, 1.54) is 5.56 Å². The first-order chi connectivity index (χ1) is 6.66. The summed E-state index contributed by atoms with van der Waals surface area (Å²) in [4.78, 5) is 6.57. The van der Waals surface area contributed by atoms with Crippen LogP contribution < -0.4 is 5.73 Å². The number of pyridine rings is 1. The van der Waals surface area contributed by atoms with E-state index in [0.29, 0.717) is 17.8 Å². The molecule has 0 atom stereocenters. The fourth-order valence-electron chi connectivity index (χ4n) is 1.80. The molecule has 3 heteroatoms. The first kappa shape index (κ1) is 9.46. The van der Waals surface area contributed by atoms with Gasteiger partial charge in [-0.1, -0.05) is 6.07 Å². The summed E-state index contributed by atoms with van der Waals surface area (Å²) < 4.78 is 0. The highest BCUT2D eigenvalue weighted by Gasteiger charge is 2.29. The van der Waals surface area contributed by atoms with Crippen LogP contribution in [0.3, 0.4) is 0 Å². The highest BCUT2D eigenvalue weighted by atomic mass is 15.2. The fraction of sp³-hybridized carbons (Fsp3) is 0.545. The third kappa shape index (κ3) is 1.73. The van der Waals surface area contributed by atoms with Crippen molar-refractivity contribution >= 4 is 5.82 Å². The highest BCUT2D eigenvalue weighted by Crippen LogP contribution is 2.27. The van der Waals surface area contributed by atoms with Crippen molar-refractivity contribution in [1.29, 1.82) is 0 Å². The average molecular weight is 191 g/mol. The van der Waals surface area contributed by atoms with Gasteiger partial charge in [0.2, 0.25) is 0 Å². The number of nitrogens with zero attached hydrogens (tertiary/aromatic N) is 2. The molecule has 0 spiro atoms. The third-order valence-electron chi connectivity index (χ3n) is 2.92. The number of anilines is 1.